The van der Waals surface area contributed by atoms with E-state index in [0.29, 0.717) is 32.6 Å². The predicted molar refractivity (Wildman–Crippen MR) is 51.0 cm³/mol. The molecule has 1 N–H and O–H groups in total. The van der Waals surface area contributed by atoms with E-state index < -0.39 is 11.9 Å². The molecule has 0 amide bonds. The first-order chi connectivity index (χ1) is 7.18. The second kappa shape index (κ2) is 3.77. The third-order valence-electron chi connectivity index (χ3n) is 3.53. The molecule has 2 saturated heterocycles. The van der Waals surface area contributed by atoms with Crippen LogP contribution in [0.5, 0.6) is 0 Å². The van der Waals surface area contributed by atoms with E-state index in [4.69, 9.17) is 9.84 Å². The summed E-state index contributed by atoms with van der Waals surface area (Å²) in [6.07, 6.45) is 1.41. The third kappa shape index (κ3) is 1.69. The number of carbonyl (C=O) groups is 1. The van der Waals surface area contributed by atoms with Crippen molar-refractivity contribution in [3.63, 3.8) is 0 Å². The first-order valence-corrected chi connectivity index (χ1v) is 5.07. The van der Waals surface area contributed by atoms with Crippen molar-refractivity contribution in [3.8, 4) is 0 Å². The fraction of sp³-hybridized carbons (Fsp3) is 0.889. The van der Waals surface area contributed by atoms with Gasteiger partial charge in [-0.25, -0.2) is 0 Å². The van der Waals surface area contributed by atoms with E-state index in [1.54, 1.807) is 0 Å². The first kappa shape index (κ1) is 10.4. The smallest absolute Gasteiger partial charge is 0.309 e. The van der Waals surface area contributed by atoms with E-state index in [0.717, 1.165) is 0 Å². The largest absolute Gasteiger partial charge is 0.481 e. The fourth-order valence-corrected chi connectivity index (χ4v) is 2.63. The van der Waals surface area contributed by atoms with Crippen LogP contribution in [0.4, 0.5) is 0 Å². The van der Waals surface area contributed by atoms with Gasteiger partial charge in [0.05, 0.1) is 17.7 Å². The normalized spacial score (nSPS) is 29.3. The van der Waals surface area contributed by atoms with Crippen molar-refractivity contribution >= 4 is 5.97 Å². The van der Waals surface area contributed by atoms with Gasteiger partial charge in [-0.3, -0.25) is 9.80 Å². The van der Waals surface area contributed by atoms with Crippen molar-refractivity contribution in [1.29, 1.82) is 0 Å². The van der Waals surface area contributed by atoms with Crippen LogP contribution < -0.4 is 0 Å². The predicted octanol–water partition coefficient (Wildman–Crippen LogP) is 0.481. The van der Waals surface area contributed by atoms with Gasteiger partial charge in [0, 0.05) is 25.2 Å². The van der Waals surface area contributed by atoms with Gasteiger partial charge in [0.25, 0.3) is 0 Å². The molecular formula is C9H14N2O4. The highest BCUT2D eigenvalue weighted by molar-refractivity contribution is 5.72. The number of ether oxygens (including phenoxy) is 1. The van der Waals surface area contributed by atoms with Crippen LogP contribution in [0, 0.1) is 16.2 Å². The molecule has 0 aliphatic carbocycles. The molecular weight excluding hydrogens is 200 g/mol. The van der Waals surface area contributed by atoms with E-state index in [9.17, 15) is 9.70 Å². The summed E-state index contributed by atoms with van der Waals surface area (Å²) in [6.45, 7) is 1.85. The van der Waals surface area contributed by atoms with Gasteiger partial charge in [-0.15, -0.1) is 4.91 Å². The molecule has 1 spiro atoms. The third-order valence-corrected chi connectivity index (χ3v) is 3.53. The highest BCUT2D eigenvalue weighted by atomic mass is 16.5. The van der Waals surface area contributed by atoms with E-state index in [1.807, 2.05) is 0 Å². The van der Waals surface area contributed by atoms with Gasteiger partial charge >= 0.3 is 5.97 Å². The molecule has 0 aromatic carbocycles. The molecule has 84 valence electrons. The number of nitroso groups, excluding NO2 is 1. The maximum atomic E-state index is 11.1. The number of rotatable bonds is 2. The van der Waals surface area contributed by atoms with Gasteiger partial charge in [-0.05, 0) is 12.8 Å². The standard InChI is InChI=1S/C9H14N2O4/c12-8(13)7-5-11(10-14)6-9(7)1-3-15-4-2-9/h7H,1-6H2,(H,12,13). The van der Waals surface area contributed by atoms with E-state index in [1.165, 1.54) is 5.01 Å². The zero-order chi connectivity index (χ0) is 10.9. The van der Waals surface area contributed by atoms with Gasteiger partial charge in [0.2, 0.25) is 0 Å². The summed E-state index contributed by atoms with van der Waals surface area (Å²) < 4.78 is 5.23. The number of aliphatic carboxylic acids is 1. The zero-order valence-corrected chi connectivity index (χ0v) is 8.39. The van der Waals surface area contributed by atoms with E-state index in [2.05, 4.69) is 5.29 Å². The summed E-state index contributed by atoms with van der Waals surface area (Å²) in [4.78, 5) is 21.6. The minimum absolute atomic E-state index is 0.235. The molecule has 0 aromatic rings. The lowest BCUT2D eigenvalue weighted by atomic mass is 9.72. The van der Waals surface area contributed by atoms with E-state index in [-0.39, 0.29) is 12.0 Å². The van der Waals surface area contributed by atoms with Crippen LogP contribution in [-0.4, -0.2) is 42.4 Å². The van der Waals surface area contributed by atoms with Gasteiger partial charge in [-0.1, -0.05) is 0 Å². The average Bonchev–Trinajstić information content (AvgIpc) is 2.58. The Bertz CT molecular complexity index is 275. The minimum Gasteiger partial charge on any atom is -0.481 e. The second-order valence-corrected chi connectivity index (χ2v) is 4.29. The summed E-state index contributed by atoms with van der Waals surface area (Å²) in [5.74, 6) is -1.32. The molecule has 0 saturated carbocycles. The van der Waals surface area contributed by atoms with Crippen molar-refractivity contribution in [2.24, 2.45) is 16.6 Å². The molecule has 1 unspecified atom stereocenters. The Labute approximate surface area is 87.1 Å². The molecule has 2 aliphatic heterocycles. The van der Waals surface area contributed by atoms with Gasteiger partial charge < -0.3 is 9.84 Å². The highest BCUT2D eigenvalue weighted by Crippen LogP contribution is 2.44. The number of carboxylic acid groups (broad SMARTS) is 1. The second-order valence-electron chi connectivity index (χ2n) is 4.29. The Morgan fingerprint density at radius 2 is 2.13 bits per heavy atom. The number of nitrogens with zero attached hydrogens (tertiary/aromatic N) is 2. The lowest BCUT2D eigenvalue weighted by Gasteiger charge is -2.35. The van der Waals surface area contributed by atoms with Crippen LogP contribution in [0.15, 0.2) is 5.29 Å². The monoisotopic (exact) mass is 214 g/mol. The van der Waals surface area contributed by atoms with Crippen molar-refractivity contribution in [1.82, 2.24) is 5.01 Å². The Balaban J connectivity index is 2.19. The molecule has 2 aliphatic rings. The Hall–Kier alpha value is -1.17. The van der Waals surface area contributed by atoms with Crippen molar-refractivity contribution in [3.05, 3.63) is 4.91 Å². The first-order valence-electron chi connectivity index (χ1n) is 5.07. The summed E-state index contributed by atoms with van der Waals surface area (Å²) in [5, 5.41) is 13.3. The molecule has 6 heteroatoms. The SMILES string of the molecule is O=NN1CC(C(=O)O)C2(CCOCC2)C1. The average molecular weight is 214 g/mol. The molecule has 2 heterocycles. The Morgan fingerprint density at radius 1 is 1.47 bits per heavy atom. The summed E-state index contributed by atoms with van der Waals surface area (Å²) in [7, 11) is 0. The number of carboxylic acids is 1. The summed E-state index contributed by atoms with van der Waals surface area (Å²) >= 11 is 0. The molecule has 0 bridgehead atoms. The summed E-state index contributed by atoms with van der Waals surface area (Å²) in [6, 6.07) is 0. The van der Waals surface area contributed by atoms with Gasteiger partial charge in [-0.2, -0.15) is 0 Å². The fourth-order valence-electron chi connectivity index (χ4n) is 2.63. The molecule has 1 atom stereocenters. The molecule has 2 rings (SSSR count). The van der Waals surface area contributed by atoms with Crippen LogP contribution >= 0.6 is 0 Å². The minimum atomic E-state index is -0.831. The topological polar surface area (TPSA) is 79.2 Å². The quantitative estimate of drug-likeness (QED) is 0.676. The maximum Gasteiger partial charge on any atom is 0.309 e. The molecule has 6 nitrogen and oxygen atoms in total. The lowest BCUT2D eigenvalue weighted by Crippen LogP contribution is -2.39. The van der Waals surface area contributed by atoms with Crippen molar-refractivity contribution < 1.29 is 14.6 Å². The van der Waals surface area contributed by atoms with Crippen molar-refractivity contribution in [2.75, 3.05) is 26.3 Å². The zero-order valence-electron chi connectivity index (χ0n) is 8.39. The molecule has 0 aromatic heterocycles. The van der Waals surface area contributed by atoms with Crippen LogP contribution in [0.3, 0.4) is 0 Å². The number of hydrogen-bond donors (Lipinski definition) is 1. The van der Waals surface area contributed by atoms with Crippen LogP contribution in [-0.2, 0) is 9.53 Å². The lowest BCUT2D eigenvalue weighted by molar-refractivity contribution is -0.146. The van der Waals surface area contributed by atoms with Crippen molar-refractivity contribution in [2.45, 2.75) is 12.8 Å². The van der Waals surface area contributed by atoms with E-state index >= 15 is 0 Å². The highest BCUT2D eigenvalue weighted by Gasteiger charge is 2.51. The molecule has 2 fully saturated rings. The van der Waals surface area contributed by atoms with Crippen LogP contribution in [0.25, 0.3) is 0 Å². The van der Waals surface area contributed by atoms with Gasteiger partial charge in [0.1, 0.15) is 0 Å². The summed E-state index contributed by atoms with van der Waals surface area (Å²) in [5.41, 5.74) is -0.308. The Morgan fingerprint density at radius 3 is 2.67 bits per heavy atom. The molecule has 15 heavy (non-hydrogen) atoms. The Kier molecular flexibility index (Phi) is 2.60. The number of hydrogen-bond acceptors (Lipinski definition) is 4. The maximum absolute atomic E-state index is 11.1. The van der Waals surface area contributed by atoms with Crippen LogP contribution in [0.1, 0.15) is 12.8 Å². The van der Waals surface area contributed by atoms with Crippen LogP contribution in [0.2, 0.25) is 0 Å². The molecule has 0 radical (unpaired) electrons. The van der Waals surface area contributed by atoms with Gasteiger partial charge in [0.15, 0.2) is 0 Å².